The van der Waals surface area contributed by atoms with Gasteiger partial charge in [-0.3, -0.25) is 0 Å². The van der Waals surface area contributed by atoms with E-state index in [9.17, 15) is 0 Å². The fraction of sp³-hybridized carbons (Fsp3) is 0.0732. The first-order chi connectivity index (χ1) is 20.3. The van der Waals surface area contributed by atoms with Crippen molar-refractivity contribution < 1.29 is 0 Å². The molecule has 0 aliphatic carbocycles. The third-order valence-corrected chi connectivity index (χ3v) is 8.33. The van der Waals surface area contributed by atoms with Gasteiger partial charge in [0.05, 0.1) is 0 Å². The summed E-state index contributed by atoms with van der Waals surface area (Å²) in [5.74, 6) is 0. The quantitative estimate of drug-likeness (QED) is 0.201. The number of rotatable bonds is 4. The van der Waals surface area contributed by atoms with Crippen molar-refractivity contribution in [3.05, 3.63) is 144 Å². The summed E-state index contributed by atoms with van der Waals surface area (Å²) in [5.41, 5.74) is 7.68. The molecule has 7 aromatic rings. The van der Waals surface area contributed by atoms with Crippen LogP contribution in [0.2, 0.25) is 0 Å². The van der Waals surface area contributed by atoms with Gasteiger partial charge < -0.3 is 0 Å². The lowest BCUT2D eigenvalue weighted by atomic mass is 9.83. The van der Waals surface area contributed by atoms with Crippen LogP contribution in [0.4, 0.5) is 0 Å². The van der Waals surface area contributed by atoms with E-state index in [1.807, 2.05) is 0 Å². The Morgan fingerprint density at radius 3 is 1.54 bits per heavy atom. The minimum absolute atomic E-state index is 1.01. The Bertz CT molecular complexity index is 2130. The summed E-state index contributed by atoms with van der Waals surface area (Å²) >= 11 is 0. The summed E-state index contributed by atoms with van der Waals surface area (Å²) in [6, 6.07) is 49.0. The van der Waals surface area contributed by atoms with Crippen molar-refractivity contribution in [2.45, 2.75) is 20.3 Å². The molecule has 0 heterocycles. The van der Waals surface area contributed by atoms with Gasteiger partial charge >= 0.3 is 0 Å². The Morgan fingerprint density at radius 2 is 0.902 bits per heavy atom. The van der Waals surface area contributed by atoms with Gasteiger partial charge in [0.25, 0.3) is 0 Å². The largest absolute Gasteiger partial charge is 0.0792 e. The van der Waals surface area contributed by atoms with Crippen LogP contribution in [-0.4, -0.2) is 0 Å². The summed E-state index contributed by atoms with van der Waals surface area (Å²) in [5, 5.41) is 10.3. The molecule has 0 aliphatic heterocycles. The molecule has 0 fully saturated rings. The Kier molecular flexibility index (Phi) is 6.45. The summed E-state index contributed by atoms with van der Waals surface area (Å²) in [7, 11) is 0. The molecule has 0 N–H and O–H groups in total. The number of hydrogen-bond acceptors (Lipinski definition) is 0. The SMILES string of the molecule is C/C=c1/c(-c2ccccc2-c2c3ccccc3c(-c3cccc4ccccc34)c3ccccc23)ccc/c1=C/CC. The van der Waals surface area contributed by atoms with Gasteiger partial charge in [-0.15, -0.1) is 0 Å². The van der Waals surface area contributed by atoms with Crippen molar-refractivity contribution in [1.82, 2.24) is 0 Å². The standard InChI is InChI=1S/C41H32/c1-3-15-28-17-13-26-32(30(28)4-2)33-20-7-8-21-35(33)41-38-24-11-9-22-36(38)40(37-23-10-12-25-39(37)41)34-27-14-18-29-16-5-6-19-31(29)34/h4-27H,3H2,1-2H3/b28-15-,30-4+. The van der Waals surface area contributed by atoms with Crippen molar-refractivity contribution in [2.24, 2.45) is 0 Å². The third-order valence-electron chi connectivity index (χ3n) is 8.33. The van der Waals surface area contributed by atoms with Crippen LogP contribution in [0.1, 0.15) is 20.3 Å². The van der Waals surface area contributed by atoms with Crippen molar-refractivity contribution >= 4 is 44.5 Å². The average molecular weight is 525 g/mol. The van der Waals surface area contributed by atoms with Crippen LogP contribution in [0.25, 0.3) is 77.9 Å². The molecule has 41 heavy (non-hydrogen) atoms. The highest BCUT2D eigenvalue weighted by atomic mass is 14.2. The van der Waals surface area contributed by atoms with Crippen LogP contribution in [0, 0.1) is 0 Å². The smallest absolute Gasteiger partial charge is 0.00201 e. The zero-order valence-corrected chi connectivity index (χ0v) is 23.6. The van der Waals surface area contributed by atoms with Crippen molar-refractivity contribution in [2.75, 3.05) is 0 Å². The first-order valence-corrected chi connectivity index (χ1v) is 14.6. The maximum Gasteiger partial charge on any atom is -0.00201 e. The summed E-state index contributed by atoms with van der Waals surface area (Å²) < 4.78 is 0. The normalized spacial score (nSPS) is 12.5. The minimum Gasteiger partial charge on any atom is -0.0792 e. The minimum atomic E-state index is 1.01. The van der Waals surface area contributed by atoms with Crippen LogP contribution < -0.4 is 10.4 Å². The molecular formula is C41H32. The Hall–Kier alpha value is -4.94. The molecule has 0 saturated heterocycles. The summed E-state index contributed by atoms with van der Waals surface area (Å²) in [6.07, 6.45) is 5.59. The molecule has 0 heteroatoms. The van der Waals surface area contributed by atoms with Crippen molar-refractivity contribution in [1.29, 1.82) is 0 Å². The molecule has 0 amide bonds. The highest BCUT2D eigenvalue weighted by Gasteiger charge is 2.19. The van der Waals surface area contributed by atoms with E-state index in [-0.39, 0.29) is 0 Å². The second kappa shape index (κ2) is 10.6. The van der Waals surface area contributed by atoms with E-state index in [1.165, 1.54) is 76.1 Å². The van der Waals surface area contributed by atoms with E-state index < -0.39 is 0 Å². The molecule has 0 spiro atoms. The van der Waals surface area contributed by atoms with Crippen LogP contribution in [-0.2, 0) is 0 Å². The molecule has 0 aromatic heterocycles. The van der Waals surface area contributed by atoms with Crippen LogP contribution >= 0.6 is 0 Å². The van der Waals surface area contributed by atoms with E-state index in [0.717, 1.165) is 6.42 Å². The third kappa shape index (κ3) is 4.15. The summed E-state index contributed by atoms with van der Waals surface area (Å²) in [4.78, 5) is 0. The molecular weight excluding hydrogens is 492 g/mol. The first-order valence-electron chi connectivity index (χ1n) is 14.6. The molecule has 0 nitrogen and oxygen atoms in total. The molecule has 0 saturated carbocycles. The molecule has 0 unspecified atom stereocenters. The highest BCUT2D eigenvalue weighted by molar-refractivity contribution is 6.24. The van der Waals surface area contributed by atoms with Crippen LogP contribution in [0.5, 0.6) is 0 Å². The van der Waals surface area contributed by atoms with Gasteiger partial charge in [0.15, 0.2) is 0 Å². The van der Waals surface area contributed by atoms with Gasteiger partial charge in [0.2, 0.25) is 0 Å². The second-order valence-electron chi connectivity index (χ2n) is 10.6. The Morgan fingerprint density at radius 1 is 0.439 bits per heavy atom. The molecule has 7 rings (SSSR count). The number of fused-ring (bicyclic) bond motifs is 3. The molecule has 196 valence electrons. The zero-order chi connectivity index (χ0) is 27.8. The van der Waals surface area contributed by atoms with Gasteiger partial charge in [0.1, 0.15) is 0 Å². The predicted molar refractivity (Wildman–Crippen MR) is 179 cm³/mol. The van der Waals surface area contributed by atoms with E-state index in [2.05, 4.69) is 159 Å². The van der Waals surface area contributed by atoms with Gasteiger partial charge in [-0.1, -0.05) is 153 Å². The lowest BCUT2D eigenvalue weighted by Gasteiger charge is -2.20. The molecule has 0 bridgehead atoms. The van der Waals surface area contributed by atoms with Gasteiger partial charge in [-0.05, 0) is 89.5 Å². The van der Waals surface area contributed by atoms with Crippen molar-refractivity contribution in [3.8, 4) is 33.4 Å². The first kappa shape index (κ1) is 25.1. The van der Waals surface area contributed by atoms with E-state index in [1.54, 1.807) is 0 Å². The lowest BCUT2D eigenvalue weighted by Crippen LogP contribution is -2.26. The van der Waals surface area contributed by atoms with Crippen LogP contribution in [0.3, 0.4) is 0 Å². The molecule has 0 aliphatic rings. The second-order valence-corrected chi connectivity index (χ2v) is 10.6. The van der Waals surface area contributed by atoms with E-state index in [4.69, 9.17) is 0 Å². The lowest BCUT2D eigenvalue weighted by molar-refractivity contribution is 1.28. The van der Waals surface area contributed by atoms with E-state index >= 15 is 0 Å². The number of hydrogen-bond donors (Lipinski definition) is 0. The van der Waals surface area contributed by atoms with Gasteiger partial charge in [-0.2, -0.15) is 0 Å². The maximum absolute atomic E-state index is 2.32. The maximum atomic E-state index is 2.32. The fourth-order valence-corrected chi connectivity index (χ4v) is 6.63. The predicted octanol–water partition coefficient (Wildman–Crippen LogP) is 10.1. The molecule has 7 aromatic carbocycles. The van der Waals surface area contributed by atoms with Crippen molar-refractivity contribution in [3.63, 3.8) is 0 Å². The monoisotopic (exact) mass is 524 g/mol. The highest BCUT2D eigenvalue weighted by Crippen LogP contribution is 2.46. The Labute approximate surface area is 241 Å². The average Bonchev–Trinajstić information content (AvgIpc) is 3.03. The van der Waals surface area contributed by atoms with Crippen LogP contribution in [0.15, 0.2) is 133 Å². The van der Waals surface area contributed by atoms with E-state index in [0.29, 0.717) is 0 Å². The van der Waals surface area contributed by atoms with Gasteiger partial charge in [0, 0.05) is 0 Å². The Balaban J connectivity index is 1.63. The number of benzene rings is 7. The summed E-state index contributed by atoms with van der Waals surface area (Å²) in [6.45, 7) is 4.36. The fourth-order valence-electron chi connectivity index (χ4n) is 6.63. The molecule has 0 radical (unpaired) electrons. The topological polar surface area (TPSA) is 0 Å². The molecule has 0 atom stereocenters. The van der Waals surface area contributed by atoms with Gasteiger partial charge in [-0.25, -0.2) is 0 Å². The zero-order valence-electron chi connectivity index (χ0n) is 23.6.